The SMILES string of the molecule is CCNS(=O)(=O)c1ccc(N)c(NCC2(C3CC3)CC2)c1. The first kappa shape index (κ1) is 14.7. The van der Waals surface area contributed by atoms with Gasteiger partial charge in [0.05, 0.1) is 16.3 Å². The third kappa shape index (κ3) is 3.01. The molecule has 21 heavy (non-hydrogen) atoms. The van der Waals surface area contributed by atoms with Crippen molar-refractivity contribution >= 4 is 21.4 Å². The van der Waals surface area contributed by atoms with Crippen molar-refractivity contribution < 1.29 is 8.42 Å². The Morgan fingerprint density at radius 2 is 2.05 bits per heavy atom. The summed E-state index contributed by atoms with van der Waals surface area (Å²) in [7, 11) is -3.44. The molecule has 1 aromatic carbocycles. The second kappa shape index (κ2) is 5.18. The van der Waals surface area contributed by atoms with Crippen LogP contribution in [0.1, 0.15) is 32.6 Å². The zero-order chi connectivity index (χ0) is 15.1. The number of benzene rings is 1. The van der Waals surface area contributed by atoms with Gasteiger partial charge in [0.1, 0.15) is 0 Å². The zero-order valence-corrected chi connectivity index (χ0v) is 13.2. The minimum Gasteiger partial charge on any atom is -0.397 e. The summed E-state index contributed by atoms with van der Waals surface area (Å²) in [5.74, 6) is 0.861. The number of hydrogen-bond acceptors (Lipinski definition) is 4. The first-order valence-electron chi connectivity index (χ1n) is 7.60. The quantitative estimate of drug-likeness (QED) is 0.674. The van der Waals surface area contributed by atoms with Crippen molar-refractivity contribution in [2.24, 2.45) is 11.3 Å². The highest BCUT2D eigenvalue weighted by atomic mass is 32.2. The predicted octanol–water partition coefficient (Wildman–Crippen LogP) is 2.17. The number of sulfonamides is 1. The summed E-state index contributed by atoms with van der Waals surface area (Å²) in [5.41, 5.74) is 7.74. The van der Waals surface area contributed by atoms with Crippen molar-refractivity contribution in [3.8, 4) is 0 Å². The number of anilines is 2. The van der Waals surface area contributed by atoms with Crippen molar-refractivity contribution in [3.05, 3.63) is 18.2 Å². The van der Waals surface area contributed by atoms with Gasteiger partial charge in [-0.2, -0.15) is 0 Å². The molecule has 0 heterocycles. The van der Waals surface area contributed by atoms with Crippen LogP contribution in [0.4, 0.5) is 11.4 Å². The van der Waals surface area contributed by atoms with Gasteiger partial charge in [-0.15, -0.1) is 0 Å². The van der Waals surface area contributed by atoms with Gasteiger partial charge in [0.2, 0.25) is 10.0 Å². The molecule has 0 aliphatic heterocycles. The van der Waals surface area contributed by atoms with Gasteiger partial charge < -0.3 is 11.1 Å². The van der Waals surface area contributed by atoms with E-state index in [4.69, 9.17) is 5.73 Å². The van der Waals surface area contributed by atoms with Gasteiger partial charge in [0.15, 0.2) is 0 Å². The van der Waals surface area contributed by atoms with Crippen LogP contribution in [-0.4, -0.2) is 21.5 Å². The van der Waals surface area contributed by atoms with Gasteiger partial charge in [-0.3, -0.25) is 0 Å². The molecule has 0 bridgehead atoms. The first-order valence-corrected chi connectivity index (χ1v) is 9.08. The fourth-order valence-electron chi connectivity index (χ4n) is 2.99. The summed E-state index contributed by atoms with van der Waals surface area (Å²) in [6.45, 7) is 3.04. The maximum Gasteiger partial charge on any atom is 0.240 e. The fraction of sp³-hybridized carbons (Fsp3) is 0.600. The van der Waals surface area contributed by atoms with Crippen LogP contribution >= 0.6 is 0 Å². The zero-order valence-electron chi connectivity index (χ0n) is 12.4. The molecule has 0 aromatic heterocycles. The molecule has 2 saturated carbocycles. The first-order chi connectivity index (χ1) is 9.97. The lowest BCUT2D eigenvalue weighted by atomic mass is 10.0. The van der Waals surface area contributed by atoms with Gasteiger partial charge in [0.25, 0.3) is 0 Å². The predicted molar refractivity (Wildman–Crippen MR) is 84.6 cm³/mol. The molecule has 4 N–H and O–H groups in total. The molecular weight excluding hydrogens is 286 g/mol. The lowest BCUT2D eigenvalue weighted by Crippen LogP contribution is -2.23. The van der Waals surface area contributed by atoms with Crippen LogP contribution in [0.3, 0.4) is 0 Å². The molecule has 0 spiro atoms. The van der Waals surface area contributed by atoms with Gasteiger partial charge >= 0.3 is 0 Å². The molecule has 0 amide bonds. The van der Waals surface area contributed by atoms with E-state index in [0.29, 0.717) is 17.6 Å². The summed E-state index contributed by atoms with van der Waals surface area (Å²) in [6, 6.07) is 4.84. The Morgan fingerprint density at radius 3 is 2.62 bits per heavy atom. The summed E-state index contributed by atoms with van der Waals surface area (Å²) >= 11 is 0. The van der Waals surface area contributed by atoms with E-state index in [9.17, 15) is 8.42 Å². The molecule has 0 atom stereocenters. The molecule has 116 valence electrons. The van der Waals surface area contributed by atoms with Gasteiger partial charge in [-0.05, 0) is 55.2 Å². The molecule has 2 aliphatic rings. The normalized spacial score (nSPS) is 20.2. The highest BCUT2D eigenvalue weighted by Crippen LogP contribution is 2.61. The second-order valence-electron chi connectivity index (χ2n) is 6.24. The van der Waals surface area contributed by atoms with Gasteiger partial charge in [-0.25, -0.2) is 13.1 Å². The largest absolute Gasteiger partial charge is 0.397 e. The summed E-state index contributed by atoms with van der Waals surface area (Å²) < 4.78 is 26.6. The Morgan fingerprint density at radius 1 is 1.33 bits per heavy atom. The highest BCUT2D eigenvalue weighted by Gasteiger charge is 2.53. The number of rotatable bonds is 7. The third-order valence-corrected chi connectivity index (χ3v) is 6.18. The smallest absolute Gasteiger partial charge is 0.240 e. The lowest BCUT2D eigenvalue weighted by Gasteiger charge is -2.18. The van der Waals surface area contributed by atoms with E-state index < -0.39 is 10.0 Å². The van der Waals surface area contributed by atoms with Crippen LogP contribution in [0.15, 0.2) is 23.1 Å². The minimum atomic E-state index is -3.44. The molecule has 6 heteroatoms. The molecule has 5 nitrogen and oxygen atoms in total. The van der Waals surface area contributed by atoms with E-state index >= 15 is 0 Å². The number of hydrogen-bond donors (Lipinski definition) is 3. The minimum absolute atomic E-state index is 0.261. The Labute approximate surface area is 126 Å². The van der Waals surface area contributed by atoms with Gasteiger partial charge in [-0.1, -0.05) is 6.92 Å². The molecule has 1 aromatic rings. The average molecular weight is 309 g/mol. The number of nitrogen functional groups attached to an aromatic ring is 1. The molecular formula is C15H23N3O2S. The van der Waals surface area contributed by atoms with Crippen LogP contribution in [0, 0.1) is 11.3 Å². The Kier molecular flexibility index (Phi) is 3.61. The summed E-state index contributed by atoms with van der Waals surface area (Å²) in [4.78, 5) is 0.261. The molecule has 2 aliphatic carbocycles. The van der Waals surface area contributed by atoms with Crippen LogP contribution in [-0.2, 0) is 10.0 Å². The van der Waals surface area contributed by atoms with E-state index in [0.717, 1.165) is 18.2 Å². The summed E-state index contributed by atoms with van der Waals surface area (Å²) in [5, 5.41) is 3.37. The third-order valence-electron chi connectivity index (χ3n) is 4.64. The Bertz CT molecular complexity index is 634. The van der Waals surface area contributed by atoms with E-state index in [2.05, 4.69) is 10.0 Å². The maximum absolute atomic E-state index is 12.0. The van der Waals surface area contributed by atoms with E-state index in [1.165, 1.54) is 25.7 Å². The van der Waals surface area contributed by atoms with Crippen molar-refractivity contribution in [2.45, 2.75) is 37.5 Å². The number of nitrogens with two attached hydrogens (primary N) is 1. The molecule has 0 saturated heterocycles. The standard InChI is InChI=1S/C15H23N3O2S/c1-2-18-21(19,20)12-5-6-13(16)14(9-12)17-10-15(7-8-15)11-3-4-11/h5-6,9,11,17-18H,2-4,7-8,10,16H2,1H3. The van der Waals surface area contributed by atoms with Crippen molar-refractivity contribution in [3.63, 3.8) is 0 Å². The van der Waals surface area contributed by atoms with E-state index in [1.54, 1.807) is 25.1 Å². The number of nitrogens with one attached hydrogen (secondary N) is 2. The summed E-state index contributed by atoms with van der Waals surface area (Å²) in [6.07, 6.45) is 5.23. The average Bonchev–Trinajstić information content (AvgIpc) is 3.30. The van der Waals surface area contributed by atoms with E-state index in [-0.39, 0.29) is 4.90 Å². The molecule has 3 rings (SSSR count). The second-order valence-corrected chi connectivity index (χ2v) is 8.01. The highest BCUT2D eigenvalue weighted by molar-refractivity contribution is 7.89. The molecule has 0 radical (unpaired) electrons. The van der Waals surface area contributed by atoms with Crippen LogP contribution in [0.25, 0.3) is 0 Å². The topological polar surface area (TPSA) is 84.2 Å². The molecule has 0 unspecified atom stereocenters. The monoisotopic (exact) mass is 309 g/mol. The van der Waals surface area contributed by atoms with Crippen LogP contribution in [0.2, 0.25) is 0 Å². The maximum atomic E-state index is 12.0. The van der Waals surface area contributed by atoms with Crippen LogP contribution in [0.5, 0.6) is 0 Å². The van der Waals surface area contributed by atoms with Crippen molar-refractivity contribution in [2.75, 3.05) is 24.1 Å². The Balaban J connectivity index is 1.75. The Hall–Kier alpha value is -1.27. The van der Waals surface area contributed by atoms with E-state index in [1.807, 2.05) is 0 Å². The molecule has 2 fully saturated rings. The van der Waals surface area contributed by atoms with Crippen LogP contribution < -0.4 is 15.8 Å². The van der Waals surface area contributed by atoms with Gasteiger partial charge in [0, 0.05) is 13.1 Å². The fourth-order valence-corrected chi connectivity index (χ4v) is 4.05. The lowest BCUT2D eigenvalue weighted by molar-refractivity contribution is 0.467. The van der Waals surface area contributed by atoms with Crippen molar-refractivity contribution in [1.82, 2.24) is 4.72 Å². The van der Waals surface area contributed by atoms with Crippen molar-refractivity contribution in [1.29, 1.82) is 0 Å².